The molecule has 0 amide bonds. The number of nitrogens with zero attached hydrogens (tertiary/aromatic N) is 1. The lowest BCUT2D eigenvalue weighted by molar-refractivity contribution is -0.0884. The number of likely N-dealkylation sites (N-methyl/N-ethyl adjacent to an activating group) is 1. The molecule has 3 rings (SSSR count). The first kappa shape index (κ1) is 16.3. The molecular formula is C15H31ClN2. The number of rotatable bonds is 4. The van der Waals surface area contributed by atoms with Gasteiger partial charge >= 0.3 is 0 Å². The Morgan fingerprint density at radius 2 is 1.83 bits per heavy atom. The maximum atomic E-state index is 3.84. The smallest absolute Gasteiger partial charge is 0.0271 e. The van der Waals surface area contributed by atoms with Crippen molar-refractivity contribution < 1.29 is 0 Å². The van der Waals surface area contributed by atoms with Gasteiger partial charge in [-0.1, -0.05) is 13.8 Å². The molecule has 0 heterocycles. The molecule has 0 spiro atoms. The summed E-state index contributed by atoms with van der Waals surface area (Å²) in [6, 6.07) is 0.759. The molecule has 3 aliphatic rings. The fourth-order valence-corrected chi connectivity index (χ4v) is 3.59. The van der Waals surface area contributed by atoms with Crippen LogP contribution in [0.15, 0.2) is 0 Å². The van der Waals surface area contributed by atoms with Crippen molar-refractivity contribution in [2.45, 2.75) is 58.5 Å². The average molecular weight is 275 g/mol. The second kappa shape index (κ2) is 5.30. The van der Waals surface area contributed by atoms with Crippen molar-refractivity contribution in [3.8, 4) is 0 Å². The largest absolute Gasteiger partial charge is 0.312 e. The van der Waals surface area contributed by atoms with Crippen LogP contribution in [0.4, 0.5) is 0 Å². The average Bonchev–Trinajstić information content (AvgIpc) is 2.26. The molecule has 3 aliphatic carbocycles. The minimum atomic E-state index is 0. The van der Waals surface area contributed by atoms with E-state index in [0.717, 1.165) is 24.4 Å². The van der Waals surface area contributed by atoms with Crippen molar-refractivity contribution in [2.75, 3.05) is 20.6 Å². The lowest BCUT2D eigenvalue weighted by atomic mass is 9.47. The lowest BCUT2D eigenvalue weighted by Crippen LogP contribution is -2.61. The molecule has 3 fully saturated rings. The summed E-state index contributed by atoms with van der Waals surface area (Å²) in [6.07, 6.45) is 4.29. The molecule has 108 valence electrons. The molecule has 18 heavy (non-hydrogen) atoms. The van der Waals surface area contributed by atoms with Gasteiger partial charge in [0.1, 0.15) is 0 Å². The van der Waals surface area contributed by atoms with Gasteiger partial charge in [-0.15, -0.1) is 12.4 Å². The van der Waals surface area contributed by atoms with E-state index in [1.54, 1.807) is 0 Å². The van der Waals surface area contributed by atoms with E-state index in [1.807, 2.05) is 0 Å². The Hall–Kier alpha value is 0.210. The standard InChI is InChI=1S/C15H30N2.ClH/c1-14(2,17(5)6)10-16-13-8-7-11-9-12(13)15(11,3)4;/h11-13,16H,7-10H2,1-6H3;1H/t11-,12-,13?;/m0./s1. The minimum absolute atomic E-state index is 0. The summed E-state index contributed by atoms with van der Waals surface area (Å²) in [7, 11) is 4.34. The van der Waals surface area contributed by atoms with Crippen LogP contribution in [-0.4, -0.2) is 37.1 Å². The first-order valence-electron chi connectivity index (χ1n) is 7.16. The fraction of sp³-hybridized carbons (Fsp3) is 1.00. The molecule has 0 aliphatic heterocycles. The van der Waals surface area contributed by atoms with E-state index in [1.165, 1.54) is 19.3 Å². The molecule has 1 unspecified atom stereocenters. The second-order valence-electron chi connectivity index (χ2n) is 7.63. The van der Waals surface area contributed by atoms with Crippen molar-refractivity contribution in [3.05, 3.63) is 0 Å². The van der Waals surface area contributed by atoms with Crippen LogP contribution in [0.5, 0.6) is 0 Å². The van der Waals surface area contributed by atoms with Crippen molar-refractivity contribution >= 4 is 12.4 Å². The number of nitrogens with one attached hydrogen (secondary N) is 1. The Kier molecular flexibility index (Phi) is 4.79. The van der Waals surface area contributed by atoms with E-state index in [2.05, 4.69) is 52.0 Å². The lowest BCUT2D eigenvalue weighted by Gasteiger charge is -2.60. The molecule has 1 N–H and O–H groups in total. The predicted octanol–water partition coefficient (Wildman–Crippen LogP) is 3.16. The van der Waals surface area contributed by atoms with E-state index >= 15 is 0 Å². The van der Waals surface area contributed by atoms with E-state index < -0.39 is 0 Å². The zero-order valence-corrected chi connectivity index (χ0v) is 13.7. The van der Waals surface area contributed by atoms with Gasteiger partial charge in [0.15, 0.2) is 0 Å². The number of fused-ring (bicyclic) bond motifs is 2. The highest BCUT2D eigenvalue weighted by Crippen LogP contribution is 2.59. The van der Waals surface area contributed by atoms with E-state index in [0.29, 0.717) is 5.41 Å². The Morgan fingerprint density at radius 3 is 2.28 bits per heavy atom. The summed E-state index contributed by atoms with van der Waals surface area (Å²) in [5.74, 6) is 1.92. The summed E-state index contributed by atoms with van der Waals surface area (Å²) in [5.41, 5.74) is 0.850. The van der Waals surface area contributed by atoms with Crippen LogP contribution in [0, 0.1) is 17.3 Å². The highest BCUT2D eigenvalue weighted by Gasteiger charge is 2.54. The third-order valence-corrected chi connectivity index (χ3v) is 5.87. The van der Waals surface area contributed by atoms with Crippen molar-refractivity contribution in [2.24, 2.45) is 17.3 Å². The Morgan fingerprint density at radius 1 is 1.22 bits per heavy atom. The van der Waals surface area contributed by atoms with Gasteiger partial charge in [-0.05, 0) is 64.5 Å². The zero-order chi connectivity index (χ0) is 12.8. The molecule has 0 aromatic rings. The molecule has 0 saturated heterocycles. The van der Waals surface area contributed by atoms with Crippen LogP contribution in [0.1, 0.15) is 47.0 Å². The Bertz CT molecular complexity index is 284. The molecule has 3 atom stereocenters. The number of halogens is 1. The third kappa shape index (κ3) is 2.71. The van der Waals surface area contributed by atoms with Crippen LogP contribution in [0.25, 0.3) is 0 Å². The SMILES string of the molecule is CN(C)C(C)(C)CNC1CC[C@H]2C[C@@H]1C2(C)C.Cl. The summed E-state index contributed by atoms with van der Waals surface area (Å²) < 4.78 is 0. The van der Waals surface area contributed by atoms with Gasteiger partial charge in [-0.2, -0.15) is 0 Å². The Balaban J connectivity index is 0.00000162. The van der Waals surface area contributed by atoms with Crippen molar-refractivity contribution in [1.29, 1.82) is 0 Å². The van der Waals surface area contributed by atoms with Gasteiger partial charge in [0.05, 0.1) is 0 Å². The quantitative estimate of drug-likeness (QED) is 0.847. The van der Waals surface area contributed by atoms with Crippen LogP contribution in [-0.2, 0) is 0 Å². The molecule has 3 heteroatoms. The topological polar surface area (TPSA) is 15.3 Å². The predicted molar refractivity (Wildman–Crippen MR) is 81.4 cm³/mol. The molecule has 2 bridgehead atoms. The number of hydrogen-bond acceptors (Lipinski definition) is 2. The maximum Gasteiger partial charge on any atom is 0.0271 e. The summed E-state index contributed by atoms with van der Waals surface area (Å²) >= 11 is 0. The minimum Gasteiger partial charge on any atom is -0.312 e. The molecular weight excluding hydrogens is 244 g/mol. The highest BCUT2D eigenvalue weighted by atomic mass is 35.5. The van der Waals surface area contributed by atoms with Crippen molar-refractivity contribution in [3.63, 3.8) is 0 Å². The van der Waals surface area contributed by atoms with Crippen LogP contribution < -0.4 is 5.32 Å². The molecule has 0 radical (unpaired) electrons. The van der Waals surface area contributed by atoms with Crippen LogP contribution in [0.2, 0.25) is 0 Å². The molecule has 2 nitrogen and oxygen atoms in total. The normalized spacial score (nSPS) is 33.8. The zero-order valence-electron chi connectivity index (χ0n) is 12.9. The molecule has 0 aromatic carbocycles. The monoisotopic (exact) mass is 274 g/mol. The van der Waals surface area contributed by atoms with Crippen LogP contribution >= 0.6 is 12.4 Å². The summed E-state index contributed by atoms with van der Waals surface area (Å²) in [4.78, 5) is 2.32. The Labute approximate surface area is 119 Å². The highest BCUT2D eigenvalue weighted by molar-refractivity contribution is 5.85. The summed E-state index contributed by atoms with van der Waals surface area (Å²) in [5, 5.41) is 3.84. The van der Waals surface area contributed by atoms with E-state index in [9.17, 15) is 0 Å². The van der Waals surface area contributed by atoms with Crippen molar-refractivity contribution in [1.82, 2.24) is 10.2 Å². The maximum absolute atomic E-state index is 3.84. The summed E-state index contributed by atoms with van der Waals surface area (Å²) in [6.45, 7) is 10.7. The third-order valence-electron chi connectivity index (χ3n) is 5.87. The van der Waals surface area contributed by atoms with Gasteiger partial charge in [0.2, 0.25) is 0 Å². The molecule has 3 saturated carbocycles. The van der Waals surface area contributed by atoms with Crippen LogP contribution in [0.3, 0.4) is 0 Å². The second-order valence-corrected chi connectivity index (χ2v) is 7.63. The van der Waals surface area contributed by atoms with Gasteiger partial charge in [0, 0.05) is 18.1 Å². The van der Waals surface area contributed by atoms with E-state index in [-0.39, 0.29) is 17.9 Å². The fourth-order valence-electron chi connectivity index (χ4n) is 3.59. The van der Waals surface area contributed by atoms with E-state index in [4.69, 9.17) is 0 Å². The first-order valence-corrected chi connectivity index (χ1v) is 7.16. The first-order chi connectivity index (χ1) is 7.75. The van der Waals surface area contributed by atoms with Gasteiger partial charge in [-0.3, -0.25) is 0 Å². The van der Waals surface area contributed by atoms with Gasteiger partial charge < -0.3 is 10.2 Å². The van der Waals surface area contributed by atoms with Gasteiger partial charge in [-0.25, -0.2) is 0 Å². The molecule has 0 aromatic heterocycles. The number of hydrogen-bond donors (Lipinski definition) is 1. The van der Waals surface area contributed by atoms with Gasteiger partial charge in [0.25, 0.3) is 0 Å².